The number of carbonyl (C=O) groups is 1. The van der Waals surface area contributed by atoms with E-state index in [1.54, 1.807) is 23.6 Å². The summed E-state index contributed by atoms with van der Waals surface area (Å²) in [6.07, 6.45) is 3.63. The Labute approximate surface area is 161 Å². The molecule has 134 valence electrons. The molecule has 0 aliphatic carbocycles. The summed E-state index contributed by atoms with van der Waals surface area (Å²) in [7, 11) is 0. The quantitative estimate of drug-likeness (QED) is 0.719. The van der Waals surface area contributed by atoms with Gasteiger partial charge in [-0.15, -0.1) is 0 Å². The highest BCUT2D eigenvalue weighted by Crippen LogP contribution is 2.31. The van der Waals surface area contributed by atoms with Crippen LogP contribution in [0.4, 0.5) is 10.8 Å². The first-order chi connectivity index (χ1) is 12.6. The number of rotatable bonds is 3. The van der Waals surface area contributed by atoms with Gasteiger partial charge in [-0.2, -0.15) is 0 Å². The minimum Gasteiger partial charge on any atom is -0.347 e. The van der Waals surface area contributed by atoms with Crippen molar-refractivity contribution in [2.75, 3.05) is 23.3 Å². The van der Waals surface area contributed by atoms with Gasteiger partial charge in [-0.1, -0.05) is 29.0 Å². The Hall–Kier alpha value is -2.18. The van der Waals surface area contributed by atoms with E-state index in [2.05, 4.69) is 20.2 Å². The first-order valence-corrected chi connectivity index (χ1v) is 9.83. The van der Waals surface area contributed by atoms with Gasteiger partial charge in [-0.3, -0.25) is 4.79 Å². The molecule has 7 heteroatoms. The number of hydrogen-bond donors (Lipinski definition) is 1. The van der Waals surface area contributed by atoms with Crippen molar-refractivity contribution in [1.82, 2.24) is 9.97 Å². The van der Waals surface area contributed by atoms with Gasteiger partial charge in [0.05, 0.1) is 5.92 Å². The minimum absolute atomic E-state index is 0.0410. The minimum atomic E-state index is -0.0675. The molecule has 4 rings (SSSR count). The SMILES string of the molecule is Cc1ccc(Cl)cc1NC(=O)[C@@H]1CCCN(c2nc3cccnc3s2)C1. The number of halogens is 1. The van der Waals surface area contributed by atoms with Gasteiger partial charge in [-0.05, 0) is 49.6 Å². The maximum absolute atomic E-state index is 12.8. The van der Waals surface area contributed by atoms with E-state index in [9.17, 15) is 4.79 Å². The number of amides is 1. The number of thiazole rings is 1. The highest BCUT2D eigenvalue weighted by molar-refractivity contribution is 7.21. The molecule has 0 bridgehead atoms. The zero-order valence-electron chi connectivity index (χ0n) is 14.4. The fourth-order valence-corrected chi connectivity index (χ4v) is 4.34. The van der Waals surface area contributed by atoms with Crippen molar-refractivity contribution in [2.45, 2.75) is 19.8 Å². The monoisotopic (exact) mass is 386 g/mol. The topological polar surface area (TPSA) is 58.1 Å². The van der Waals surface area contributed by atoms with Crippen LogP contribution in [-0.2, 0) is 4.79 Å². The molecule has 2 aromatic heterocycles. The highest BCUT2D eigenvalue weighted by Gasteiger charge is 2.28. The van der Waals surface area contributed by atoms with E-state index in [1.165, 1.54) is 0 Å². The molecule has 1 fully saturated rings. The van der Waals surface area contributed by atoms with Crippen LogP contribution in [-0.4, -0.2) is 29.0 Å². The van der Waals surface area contributed by atoms with Crippen LogP contribution in [0.3, 0.4) is 0 Å². The van der Waals surface area contributed by atoms with Crippen molar-refractivity contribution in [1.29, 1.82) is 0 Å². The molecule has 1 amide bonds. The molecule has 5 nitrogen and oxygen atoms in total. The zero-order valence-corrected chi connectivity index (χ0v) is 16.0. The van der Waals surface area contributed by atoms with Crippen molar-refractivity contribution in [2.24, 2.45) is 5.92 Å². The average Bonchev–Trinajstić information content (AvgIpc) is 3.09. The molecule has 1 aliphatic rings. The average molecular weight is 387 g/mol. The van der Waals surface area contributed by atoms with Gasteiger partial charge in [-0.25, -0.2) is 9.97 Å². The third kappa shape index (κ3) is 3.52. The molecule has 0 saturated carbocycles. The van der Waals surface area contributed by atoms with Crippen LogP contribution < -0.4 is 10.2 Å². The molecule has 1 aromatic carbocycles. The number of pyridine rings is 1. The van der Waals surface area contributed by atoms with Crippen molar-refractivity contribution in [3.8, 4) is 0 Å². The van der Waals surface area contributed by atoms with Crippen LogP contribution in [0.2, 0.25) is 5.02 Å². The summed E-state index contributed by atoms with van der Waals surface area (Å²) in [4.78, 5) is 24.9. The summed E-state index contributed by atoms with van der Waals surface area (Å²) in [6, 6.07) is 9.41. The van der Waals surface area contributed by atoms with Gasteiger partial charge in [0.25, 0.3) is 0 Å². The molecule has 0 unspecified atom stereocenters. The Bertz CT molecular complexity index is 925. The number of piperidine rings is 1. The lowest BCUT2D eigenvalue weighted by atomic mass is 9.97. The standard InChI is InChI=1S/C19H19ClN4OS/c1-12-6-7-14(20)10-16(12)22-17(25)13-4-3-9-24(11-13)19-23-15-5-2-8-21-18(15)26-19/h2,5-8,10,13H,3-4,9,11H2,1H3,(H,22,25)/t13-/m1/s1. The lowest BCUT2D eigenvalue weighted by Gasteiger charge is -2.31. The summed E-state index contributed by atoms with van der Waals surface area (Å²) in [5.41, 5.74) is 2.70. The fourth-order valence-electron chi connectivity index (χ4n) is 3.22. The third-order valence-corrected chi connectivity index (χ3v) is 5.95. The van der Waals surface area contributed by atoms with E-state index < -0.39 is 0 Å². The van der Waals surface area contributed by atoms with Crippen LogP contribution in [0.15, 0.2) is 36.5 Å². The first kappa shape index (κ1) is 17.2. The second-order valence-electron chi connectivity index (χ2n) is 6.56. The predicted molar refractivity (Wildman–Crippen MR) is 107 cm³/mol. The van der Waals surface area contributed by atoms with Crippen LogP contribution in [0, 0.1) is 12.8 Å². The first-order valence-electron chi connectivity index (χ1n) is 8.63. The van der Waals surface area contributed by atoms with Crippen LogP contribution in [0.5, 0.6) is 0 Å². The summed E-state index contributed by atoms with van der Waals surface area (Å²) < 4.78 is 0. The van der Waals surface area contributed by atoms with E-state index in [0.717, 1.165) is 46.1 Å². The molecular formula is C19H19ClN4OS. The molecular weight excluding hydrogens is 368 g/mol. The Morgan fingerprint density at radius 2 is 2.27 bits per heavy atom. The molecule has 3 heterocycles. The lowest BCUT2D eigenvalue weighted by Crippen LogP contribution is -2.40. The summed E-state index contributed by atoms with van der Waals surface area (Å²) in [5.74, 6) is -0.0265. The number of hydrogen-bond acceptors (Lipinski definition) is 5. The molecule has 1 atom stereocenters. The van der Waals surface area contributed by atoms with Gasteiger partial charge in [0, 0.05) is 30.0 Å². The molecule has 0 spiro atoms. The second kappa shape index (κ2) is 7.21. The Kier molecular flexibility index (Phi) is 4.78. The molecule has 1 saturated heterocycles. The normalized spacial score (nSPS) is 17.5. The lowest BCUT2D eigenvalue weighted by molar-refractivity contribution is -0.120. The number of benzene rings is 1. The third-order valence-electron chi connectivity index (χ3n) is 4.68. The summed E-state index contributed by atoms with van der Waals surface area (Å²) in [6.45, 7) is 3.55. The molecule has 1 aliphatic heterocycles. The maximum Gasteiger partial charge on any atom is 0.229 e. The number of nitrogens with one attached hydrogen (secondary N) is 1. The van der Waals surface area contributed by atoms with Gasteiger partial charge in [0.1, 0.15) is 10.3 Å². The van der Waals surface area contributed by atoms with Gasteiger partial charge < -0.3 is 10.2 Å². The van der Waals surface area contributed by atoms with Crippen molar-refractivity contribution in [3.63, 3.8) is 0 Å². The van der Waals surface area contributed by atoms with E-state index in [4.69, 9.17) is 11.6 Å². The van der Waals surface area contributed by atoms with Gasteiger partial charge in [0.2, 0.25) is 5.91 Å². The predicted octanol–water partition coefficient (Wildman–Crippen LogP) is 4.51. The Balaban J connectivity index is 1.49. The van der Waals surface area contributed by atoms with Crippen molar-refractivity contribution >= 4 is 50.0 Å². The van der Waals surface area contributed by atoms with E-state index in [0.29, 0.717) is 11.6 Å². The number of nitrogens with zero attached hydrogens (tertiary/aromatic N) is 3. The number of fused-ring (bicyclic) bond motifs is 1. The number of aromatic nitrogens is 2. The smallest absolute Gasteiger partial charge is 0.229 e. The number of carbonyl (C=O) groups excluding carboxylic acids is 1. The zero-order chi connectivity index (χ0) is 18.1. The van der Waals surface area contributed by atoms with E-state index in [1.807, 2.05) is 31.2 Å². The number of anilines is 2. The molecule has 3 aromatic rings. The van der Waals surface area contributed by atoms with E-state index >= 15 is 0 Å². The van der Waals surface area contributed by atoms with Crippen LogP contribution >= 0.6 is 22.9 Å². The summed E-state index contributed by atoms with van der Waals surface area (Å²) in [5, 5.41) is 4.60. The van der Waals surface area contributed by atoms with Crippen LogP contribution in [0.25, 0.3) is 10.3 Å². The van der Waals surface area contributed by atoms with E-state index in [-0.39, 0.29) is 11.8 Å². The van der Waals surface area contributed by atoms with Crippen LogP contribution in [0.1, 0.15) is 18.4 Å². The van der Waals surface area contributed by atoms with Gasteiger partial charge >= 0.3 is 0 Å². The number of aryl methyl sites for hydroxylation is 1. The maximum atomic E-state index is 12.8. The molecule has 1 N–H and O–H groups in total. The summed E-state index contributed by atoms with van der Waals surface area (Å²) >= 11 is 7.64. The molecule has 0 radical (unpaired) electrons. The van der Waals surface area contributed by atoms with Crippen molar-refractivity contribution < 1.29 is 4.79 Å². The largest absolute Gasteiger partial charge is 0.347 e. The Morgan fingerprint density at radius 3 is 3.12 bits per heavy atom. The van der Waals surface area contributed by atoms with Crippen molar-refractivity contribution in [3.05, 3.63) is 47.1 Å². The van der Waals surface area contributed by atoms with Gasteiger partial charge in [0.15, 0.2) is 5.13 Å². The Morgan fingerprint density at radius 1 is 1.38 bits per heavy atom. The fraction of sp³-hybridized carbons (Fsp3) is 0.316. The highest BCUT2D eigenvalue weighted by atomic mass is 35.5. The molecule has 26 heavy (non-hydrogen) atoms. The second-order valence-corrected chi connectivity index (χ2v) is 7.95.